The van der Waals surface area contributed by atoms with Crippen LogP contribution in [0.2, 0.25) is 10.2 Å². The van der Waals surface area contributed by atoms with E-state index < -0.39 is 0 Å². The van der Waals surface area contributed by atoms with Crippen LogP contribution < -0.4 is 0 Å². The van der Waals surface area contributed by atoms with Crippen molar-refractivity contribution in [1.29, 1.82) is 0 Å². The van der Waals surface area contributed by atoms with E-state index in [1.807, 2.05) is 19.9 Å². The summed E-state index contributed by atoms with van der Waals surface area (Å²) in [5.41, 5.74) is 1.93. The van der Waals surface area contributed by atoms with Crippen molar-refractivity contribution in [3.63, 3.8) is 0 Å². The van der Waals surface area contributed by atoms with E-state index in [2.05, 4.69) is 10.1 Å². The van der Waals surface area contributed by atoms with Gasteiger partial charge in [-0.2, -0.15) is 5.10 Å². The molecule has 0 amide bonds. The number of hydrogen-bond donors (Lipinski definition) is 0. The quantitative estimate of drug-likeness (QED) is 0.719. The number of halogens is 2. The van der Waals surface area contributed by atoms with Crippen LogP contribution in [0.25, 0.3) is 5.82 Å². The Morgan fingerprint density at radius 1 is 1.13 bits per heavy atom. The minimum atomic E-state index is 0.366. The van der Waals surface area contributed by atoms with Gasteiger partial charge in [0.1, 0.15) is 5.15 Å². The van der Waals surface area contributed by atoms with Gasteiger partial charge in [0.2, 0.25) is 0 Å². The highest BCUT2D eigenvalue weighted by atomic mass is 35.5. The second kappa shape index (κ2) is 3.83. The van der Waals surface area contributed by atoms with Crippen LogP contribution in [0.1, 0.15) is 11.4 Å². The van der Waals surface area contributed by atoms with E-state index in [9.17, 15) is 0 Å². The van der Waals surface area contributed by atoms with E-state index in [4.69, 9.17) is 23.2 Å². The molecule has 0 unspecified atom stereocenters. The van der Waals surface area contributed by atoms with Gasteiger partial charge in [0.15, 0.2) is 5.82 Å². The van der Waals surface area contributed by atoms with Crippen LogP contribution in [0.5, 0.6) is 0 Å². The van der Waals surface area contributed by atoms with Gasteiger partial charge < -0.3 is 0 Å². The average molecular weight is 242 g/mol. The molecule has 0 radical (unpaired) electrons. The number of rotatable bonds is 1. The van der Waals surface area contributed by atoms with E-state index in [0.29, 0.717) is 16.0 Å². The molecule has 0 bridgehead atoms. The first-order valence-electron chi connectivity index (χ1n) is 4.43. The molecule has 0 aliphatic carbocycles. The lowest BCUT2D eigenvalue weighted by Crippen LogP contribution is -2.01. The lowest BCUT2D eigenvalue weighted by molar-refractivity contribution is 0.806. The third kappa shape index (κ3) is 2.13. The molecule has 5 heteroatoms. The summed E-state index contributed by atoms with van der Waals surface area (Å²) in [6.45, 7) is 3.88. The molecule has 2 rings (SSSR count). The van der Waals surface area contributed by atoms with Gasteiger partial charge in [0.05, 0.1) is 5.69 Å². The maximum Gasteiger partial charge on any atom is 0.156 e. The van der Waals surface area contributed by atoms with Gasteiger partial charge in [-0.25, -0.2) is 9.67 Å². The molecule has 0 atom stereocenters. The first-order chi connectivity index (χ1) is 7.06. The molecule has 2 heterocycles. The van der Waals surface area contributed by atoms with Crippen LogP contribution in [0.4, 0.5) is 0 Å². The number of hydrogen-bond acceptors (Lipinski definition) is 2. The summed E-state index contributed by atoms with van der Waals surface area (Å²) in [6, 6.07) is 5.29. The van der Waals surface area contributed by atoms with Crippen LogP contribution in [-0.2, 0) is 0 Å². The molecule has 2 aromatic heterocycles. The third-order valence-electron chi connectivity index (χ3n) is 1.97. The summed E-state index contributed by atoms with van der Waals surface area (Å²) >= 11 is 11.7. The largest absolute Gasteiger partial charge is 0.219 e. The topological polar surface area (TPSA) is 30.7 Å². The Morgan fingerprint density at radius 3 is 2.40 bits per heavy atom. The van der Waals surface area contributed by atoms with Crippen LogP contribution in [0, 0.1) is 13.8 Å². The smallest absolute Gasteiger partial charge is 0.156 e. The van der Waals surface area contributed by atoms with Crippen molar-refractivity contribution in [3.05, 3.63) is 39.8 Å². The fourth-order valence-corrected chi connectivity index (χ4v) is 1.88. The standard InChI is InChI=1S/C10H9Cl2N3/c1-6-3-7(2)15(14-6)10-5-8(11)4-9(12)13-10/h3-5H,1-2H3. The Balaban J connectivity index is 2.58. The molecule has 2 aromatic rings. The Hall–Kier alpha value is -1.06. The second-order valence-corrected chi connectivity index (χ2v) is 4.13. The maximum atomic E-state index is 5.89. The van der Waals surface area contributed by atoms with Gasteiger partial charge in [-0.15, -0.1) is 0 Å². The summed E-state index contributed by atoms with van der Waals surface area (Å²) in [5.74, 6) is 0.637. The summed E-state index contributed by atoms with van der Waals surface area (Å²) < 4.78 is 1.72. The first kappa shape index (κ1) is 10.5. The number of aromatic nitrogens is 3. The summed E-state index contributed by atoms with van der Waals surface area (Å²) in [6.07, 6.45) is 0. The predicted octanol–water partition coefficient (Wildman–Crippen LogP) is 3.19. The van der Waals surface area contributed by atoms with E-state index in [1.54, 1.807) is 16.8 Å². The van der Waals surface area contributed by atoms with E-state index in [0.717, 1.165) is 11.4 Å². The van der Waals surface area contributed by atoms with Gasteiger partial charge >= 0.3 is 0 Å². The normalized spacial score (nSPS) is 10.7. The molecule has 0 fully saturated rings. The molecule has 3 nitrogen and oxygen atoms in total. The van der Waals surface area contributed by atoms with Crippen molar-refractivity contribution in [1.82, 2.24) is 14.8 Å². The summed E-state index contributed by atoms with van der Waals surface area (Å²) in [5, 5.41) is 5.22. The van der Waals surface area contributed by atoms with Crippen molar-refractivity contribution in [2.45, 2.75) is 13.8 Å². The molecule has 0 aliphatic rings. The maximum absolute atomic E-state index is 5.89. The van der Waals surface area contributed by atoms with Gasteiger partial charge in [0, 0.05) is 16.8 Å². The lowest BCUT2D eigenvalue weighted by Gasteiger charge is -2.04. The fourth-order valence-electron chi connectivity index (χ4n) is 1.42. The van der Waals surface area contributed by atoms with E-state index in [-0.39, 0.29) is 0 Å². The van der Waals surface area contributed by atoms with E-state index >= 15 is 0 Å². The Kier molecular flexibility index (Phi) is 2.67. The monoisotopic (exact) mass is 241 g/mol. The molecule has 0 saturated heterocycles. The van der Waals surface area contributed by atoms with Crippen molar-refractivity contribution < 1.29 is 0 Å². The summed E-state index contributed by atoms with van der Waals surface area (Å²) in [7, 11) is 0. The minimum absolute atomic E-state index is 0.366. The second-order valence-electron chi connectivity index (χ2n) is 3.31. The SMILES string of the molecule is Cc1cc(C)n(-c2cc(Cl)cc(Cl)n2)n1. The van der Waals surface area contributed by atoms with Gasteiger partial charge in [-0.1, -0.05) is 23.2 Å². The Bertz CT molecular complexity index is 485. The molecule has 78 valence electrons. The average Bonchev–Trinajstić information content (AvgIpc) is 2.43. The summed E-state index contributed by atoms with van der Waals surface area (Å²) in [4.78, 5) is 4.16. The third-order valence-corrected chi connectivity index (χ3v) is 2.38. The molecule has 0 spiro atoms. The van der Waals surface area contributed by atoms with Crippen LogP contribution in [0.3, 0.4) is 0 Å². The fraction of sp³-hybridized carbons (Fsp3) is 0.200. The highest BCUT2D eigenvalue weighted by Gasteiger charge is 2.06. The minimum Gasteiger partial charge on any atom is -0.219 e. The van der Waals surface area contributed by atoms with Gasteiger partial charge in [-0.05, 0) is 26.0 Å². The van der Waals surface area contributed by atoms with Gasteiger partial charge in [-0.3, -0.25) is 0 Å². The molecule has 0 aromatic carbocycles. The van der Waals surface area contributed by atoms with Crippen molar-refractivity contribution in [2.75, 3.05) is 0 Å². The molecule has 0 saturated carbocycles. The van der Waals surface area contributed by atoms with E-state index in [1.165, 1.54) is 0 Å². The molecule has 0 N–H and O–H groups in total. The zero-order chi connectivity index (χ0) is 11.0. The van der Waals surface area contributed by atoms with Crippen molar-refractivity contribution in [2.24, 2.45) is 0 Å². The molecular weight excluding hydrogens is 233 g/mol. The Morgan fingerprint density at radius 2 is 1.87 bits per heavy atom. The first-order valence-corrected chi connectivity index (χ1v) is 5.18. The zero-order valence-corrected chi connectivity index (χ0v) is 9.84. The highest BCUT2D eigenvalue weighted by Crippen LogP contribution is 2.19. The molecular formula is C10H9Cl2N3. The highest BCUT2D eigenvalue weighted by molar-refractivity contribution is 6.34. The lowest BCUT2D eigenvalue weighted by atomic mass is 10.4. The van der Waals surface area contributed by atoms with Gasteiger partial charge in [0.25, 0.3) is 0 Å². The predicted molar refractivity (Wildman–Crippen MR) is 60.9 cm³/mol. The van der Waals surface area contributed by atoms with Crippen molar-refractivity contribution in [3.8, 4) is 5.82 Å². The number of aryl methyl sites for hydroxylation is 2. The molecule has 15 heavy (non-hydrogen) atoms. The van der Waals surface area contributed by atoms with Crippen LogP contribution in [-0.4, -0.2) is 14.8 Å². The van der Waals surface area contributed by atoms with Crippen molar-refractivity contribution >= 4 is 23.2 Å². The van der Waals surface area contributed by atoms with Crippen LogP contribution >= 0.6 is 23.2 Å². The van der Waals surface area contributed by atoms with Crippen LogP contribution in [0.15, 0.2) is 18.2 Å². The Labute approximate surface area is 97.7 Å². The number of nitrogens with zero attached hydrogens (tertiary/aromatic N) is 3. The zero-order valence-electron chi connectivity index (χ0n) is 8.33. The number of pyridine rings is 1. The molecule has 0 aliphatic heterocycles.